The number of carbonyl (C=O) groups excluding carboxylic acids is 1. The minimum absolute atomic E-state index is 0.0491. The number of piperidine rings is 1. The van der Waals surface area contributed by atoms with Crippen molar-refractivity contribution in [2.75, 3.05) is 26.8 Å². The lowest BCUT2D eigenvalue weighted by molar-refractivity contribution is -0.140. The fraction of sp³-hybridized carbons (Fsp3) is 0.500. The molecule has 140 valence electrons. The van der Waals surface area contributed by atoms with Gasteiger partial charge in [0.15, 0.2) is 18.1 Å². The van der Waals surface area contributed by atoms with Crippen LogP contribution in [0.1, 0.15) is 24.8 Å². The maximum atomic E-state index is 12.4. The number of rotatable bonds is 7. The largest absolute Gasteiger partial charge is 0.493 e. The zero-order valence-corrected chi connectivity index (χ0v) is 15.1. The van der Waals surface area contributed by atoms with Crippen LogP contribution < -0.4 is 9.47 Å². The van der Waals surface area contributed by atoms with Crippen LogP contribution in [0.15, 0.2) is 30.9 Å². The van der Waals surface area contributed by atoms with Gasteiger partial charge in [0.1, 0.15) is 0 Å². The highest BCUT2D eigenvalue weighted by Gasteiger charge is 2.59. The smallest absolute Gasteiger partial charge is 0.307 e. The normalized spacial score (nSPS) is 20.5. The van der Waals surface area contributed by atoms with Crippen LogP contribution in [0.4, 0.5) is 0 Å². The summed E-state index contributed by atoms with van der Waals surface area (Å²) in [6.07, 6.45) is 4.82. The van der Waals surface area contributed by atoms with Crippen LogP contribution in [-0.2, 0) is 16.0 Å². The molecule has 1 saturated heterocycles. The predicted octanol–water partition coefficient (Wildman–Crippen LogP) is 2.52. The summed E-state index contributed by atoms with van der Waals surface area (Å²) in [5.74, 6) is 0.117. The molecule has 1 spiro atoms. The first-order valence-electron chi connectivity index (χ1n) is 8.90. The summed E-state index contributed by atoms with van der Waals surface area (Å²) in [5.41, 5.74) is 0.988. The predicted molar refractivity (Wildman–Crippen MR) is 96.4 cm³/mol. The highest BCUT2D eigenvalue weighted by molar-refractivity contribution is 5.78. The second-order valence-electron chi connectivity index (χ2n) is 7.10. The molecule has 1 aromatic rings. The molecule has 2 aliphatic rings. The summed E-state index contributed by atoms with van der Waals surface area (Å²) in [6.45, 7) is 4.87. The van der Waals surface area contributed by atoms with E-state index in [9.17, 15) is 9.59 Å². The molecule has 6 nitrogen and oxygen atoms in total. The Balaban J connectivity index is 1.52. The number of carboxylic acids is 1. The Kier molecular flexibility index (Phi) is 5.20. The number of carbonyl (C=O) groups is 2. The number of hydrogen-bond donors (Lipinski definition) is 1. The molecule has 1 heterocycles. The van der Waals surface area contributed by atoms with Gasteiger partial charge in [-0.05, 0) is 48.8 Å². The van der Waals surface area contributed by atoms with Crippen molar-refractivity contribution in [1.82, 2.24) is 4.90 Å². The van der Waals surface area contributed by atoms with Gasteiger partial charge >= 0.3 is 5.97 Å². The fourth-order valence-electron chi connectivity index (χ4n) is 3.81. The van der Waals surface area contributed by atoms with E-state index in [1.165, 1.54) is 0 Å². The number of methoxy groups -OCH3 is 1. The van der Waals surface area contributed by atoms with Crippen molar-refractivity contribution in [3.05, 3.63) is 36.4 Å². The van der Waals surface area contributed by atoms with Gasteiger partial charge in [-0.1, -0.05) is 12.1 Å². The first kappa shape index (κ1) is 18.3. The minimum Gasteiger partial charge on any atom is -0.493 e. The summed E-state index contributed by atoms with van der Waals surface area (Å²) in [7, 11) is 1.57. The summed E-state index contributed by atoms with van der Waals surface area (Å²) >= 11 is 0. The number of aliphatic carboxylic acids is 1. The number of allylic oxidation sites excluding steroid dienone is 1. The van der Waals surface area contributed by atoms with Gasteiger partial charge in [0.05, 0.1) is 13.0 Å². The van der Waals surface area contributed by atoms with Gasteiger partial charge < -0.3 is 19.5 Å². The number of ether oxygens (including phenoxy) is 2. The molecule has 0 aromatic heterocycles. The van der Waals surface area contributed by atoms with Crippen LogP contribution >= 0.6 is 0 Å². The monoisotopic (exact) mass is 359 g/mol. The molecule has 1 amide bonds. The van der Waals surface area contributed by atoms with E-state index < -0.39 is 5.97 Å². The summed E-state index contributed by atoms with van der Waals surface area (Å²) in [6, 6.07) is 5.61. The highest BCUT2D eigenvalue weighted by atomic mass is 16.5. The first-order chi connectivity index (χ1) is 12.5. The van der Waals surface area contributed by atoms with Crippen LogP contribution in [-0.4, -0.2) is 48.7 Å². The van der Waals surface area contributed by atoms with Crippen LogP contribution in [0.2, 0.25) is 0 Å². The van der Waals surface area contributed by atoms with Gasteiger partial charge in [0.2, 0.25) is 0 Å². The van der Waals surface area contributed by atoms with Gasteiger partial charge in [-0.25, -0.2) is 0 Å². The quantitative estimate of drug-likeness (QED) is 0.757. The maximum Gasteiger partial charge on any atom is 0.307 e. The summed E-state index contributed by atoms with van der Waals surface area (Å²) in [5, 5.41) is 9.14. The van der Waals surface area contributed by atoms with Crippen molar-refractivity contribution in [1.29, 1.82) is 0 Å². The Labute approximate surface area is 153 Å². The molecule has 1 aliphatic heterocycles. The molecule has 26 heavy (non-hydrogen) atoms. The summed E-state index contributed by atoms with van der Waals surface area (Å²) < 4.78 is 11.0. The molecule has 1 N–H and O–H groups in total. The molecule has 2 fully saturated rings. The van der Waals surface area contributed by atoms with E-state index in [1.807, 2.05) is 18.2 Å². The molecule has 1 unspecified atom stereocenters. The van der Waals surface area contributed by atoms with Gasteiger partial charge in [0, 0.05) is 13.1 Å². The van der Waals surface area contributed by atoms with E-state index in [2.05, 4.69) is 6.58 Å². The Bertz CT molecular complexity index is 706. The fourth-order valence-corrected chi connectivity index (χ4v) is 3.81. The number of likely N-dealkylation sites (tertiary alicyclic amines) is 1. The molecule has 6 heteroatoms. The van der Waals surface area contributed by atoms with E-state index in [0.717, 1.165) is 31.2 Å². The van der Waals surface area contributed by atoms with Gasteiger partial charge in [-0.3, -0.25) is 9.59 Å². The average Bonchev–Trinajstić information content (AvgIpc) is 3.35. The average molecular weight is 359 g/mol. The van der Waals surface area contributed by atoms with Gasteiger partial charge in [-0.2, -0.15) is 0 Å². The molecule has 1 aromatic carbocycles. The zero-order valence-electron chi connectivity index (χ0n) is 15.1. The zero-order chi connectivity index (χ0) is 18.7. The van der Waals surface area contributed by atoms with Crippen molar-refractivity contribution in [2.24, 2.45) is 11.3 Å². The lowest BCUT2D eigenvalue weighted by atomic mass is 9.91. The lowest BCUT2D eigenvalue weighted by Gasteiger charge is -2.32. The Hall–Kier alpha value is -2.50. The third-order valence-electron chi connectivity index (χ3n) is 5.56. The van der Waals surface area contributed by atoms with E-state index in [4.69, 9.17) is 14.6 Å². The van der Waals surface area contributed by atoms with Crippen molar-refractivity contribution >= 4 is 11.9 Å². The van der Waals surface area contributed by atoms with Crippen molar-refractivity contribution < 1.29 is 24.2 Å². The third kappa shape index (κ3) is 3.69. The van der Waals surface area contributed by atoms with Crippen LogP contribution in [0.25, 0.3) is 0 Å². The number of nitrogens with zero attached hydrogens (tertiary/aromatic N) is 1. The second kappa shape index (κ2) is 7.40. The molecule has 3 rings (SSSR count). The SMILES string of the molecule is C=CCc1ccc(OCC(=O)N2CCC3(CC2)CC3C(=O)O)c(OC)c1. The highest BCUT2D eigenvalue weighted by Crippen LogP contribution is 2.59. The topological polar surface area (TPSA) is 76.1 Å². The number of benzene rings is 1. The lowest BCUT2D eigenvalue weighted by Crippen LogP contribution is -2.42. The Morgan fingerprint density at radius 2 is 2.08 bits per heavy atom. The molecule has 1 aliphatic carbocycles. The Morgan fingerprint density at radius 1 is 1.35 bits per heavy atom. The first-order valence-corrected chi connectivity index (χ1v) is 8.90. The molecule has 1 atom stereocenters. The molecular formula is C20H25NO5. The van der Waals surface area contributed by atoms with Crippen molar-refractivity contribution in [3.63, 3.8) is 0 Å². The second-order valence-corrected chi connectivity index (χ2v) is 7.10. The van der Waals surface area contributed by atoms with Crippen LogP contribution in [0.5, 0.6) is 11.5 Å². The van der Waals surface area contributed by atoms with E-state index >= 15 is 0 Å². The van der Waals surface area contributed by atoms with E-state index in [1.54, 1.807) is 18.1 Å². The van der Waals surface area contributed by atoms with Gasteiger partial charge in [0.25, 0.3) is 5.91 Å². The molecule has 1 saturated carbocycles. The number of carboxylic acid groups (broad SMARTS) is 1. The number of amides is 1. The van der Waals surface area contributed by atoms with Gasteiger partial charge in [-0.15, -0.1) is 6.58 Å². The third-order valence-corrected chi connectivity index (χ3v) is 5.56. The molecule has 0 bridgehead atoms. The standard InChI is InChI=1S/C20H25NO5/c1-3-4-14-5-6-16(17(11-14)25-2)26-13-18(22)21-9-7-20(8-10-21)12-15(20)19(23)24/h3,5-6,11,15H,1,4,7-10,12-13H2,2H3,(H,23,24). The Morgan fingerprint density at radius 3 is 2.65 bits per heavy atom. The minimum atomic E-state index is -0.708. The molecular weight excluding hydrogens is 334 g/mol. The van der Waals surface area contributed by atoms with Crippen LogP contribution in [0.3, 0.4) is 0 Å². The van der Waals surface area contributed by atoms with Crippen LogP contribution in [0, 0.1) is 11.3 Å². The summed E-state index contributed by atoms with van der Waals surface area (Å²) in [4.78, 5) is 25.3. The number of hydrogen-bond acceptors (Lipinski definition) is 4. The van der Waals surface area contributed by atoms with E-state index in [-0.39, 0.29) is 23.8 Å². The molecule has 0 radical (unpaired) electrons. The van der Waals surface area contributed by atoms with E-state index in [0.29, 0.717) is 24.6 Å². The van der Waals surface area contributed by atoms with Crippen molar-refractivity contribution in [2.45, 2.75) is 25.7 Å². The maximum absolute atomic E-state index is 12.4. The van der Waals surface area contributed by atoms with Crippen molar-refractivity contribution in [3.8, 4) is 11.5 Å².